The number of rotatable bonds is 3. The van der Waals surface area contributed by atoms with Gasteiger partial charge in [0.1, 0.15) is 11.9 Å². The van der Waals surface area contributed by atoms with E-state index in [2.05, 4.69) is 5.10 Å². The lowest BCUT2D eigenvalue weighted by molar-refractivity contribution is -0.145. The fourth-order valence-corrected chi connectivity index (χ4v) is 2.00. The summed E-state index contributed by atoms with van der Waals surface area (Å²) in [7, 11) is 0. The number of aromatic nitrogens is 2. The molecule has 1 saturated heterocycles. The Morgan fingerprint density at radius 3 is 2.60 bits per heavy atom. The van der Waals surface area contributed by atoms with Crippen LogP contribution in [0.25, 0.3) is 0 Å². The molecule has 0 aliphatic carbocycles. The van der Waals surface area contributed by atoms with Crippen LogP contribution in [0.2, 0.25) is 0 Å². The molecule has 0 bridgehead atoms. The Bertz CT molecular complexity index is 538. The summed E-state index contributed by atoms with van der Waals surface area (Å²) >= 11 is 0. The molecular formula is C11H13F3N4O2. The predicted octanol–water partition coefficient (Wildman–Crippen LogP) is 1.84. The molecule has 1 aromatic heterocycles. The Balaban J connectivity index is 2.27. The highest BCUT2D eigenvalue weighted by Gasteiger charge is 2.46. The third kappa shape index (κ3) is 2.61. The van der Waals surface area contributed by atoms with E-state index in [1.807, 2.05) is 5.32 Å². The molecule has 1 aromatic rings. The molecule has 2 rings (SSSR count). The molecular weight excluding hydrogens is 277 g/mol. The highest BCUT2D eigenvalue weighted by Crippen LogP contribution is 2.28. The zero-order valence-corrected chi connectivity index (χ0v) is 10.8. The Morgan fingerprint density at radius 2 is 2.05 bits per heavy atom. The van der Waals surface area contributed by atoms with Crippen molar-refractivity contribution < 1.29 is 22.8 Å². The molecule has 0 spiro atoms. The Hall–Kier alpha value is -2.06. The van der Waals surface area contributed by atoms with Crippen molar-refractivity contribution >= 4 is 17.8 Å². The van der Waals surface area contributed by atoms with Gasteiger partial charge >= 0.3 is 12.2 Å². The van der Waals surface area contributed by atoms with Gasteiger partial charge in [-0.25, -0.2) is 14.4 Å². The van der Waals surface area contributed by atoms with Gasteiger partial charge in [0.25, 0.3) is 5.91 Å². The molecule has 2 heterocycles. The van der Waals surface area contributed by atoms with E-state index >= 15 is 0 Å². The Morgan fingerprint density at radius 1 is 1.40 bits per heavy atom. The van der Waals surface area contributed by atoms with Crippen molar-refractivity contribution in [1.29, 1.82) is 0 Å². The number of hydrogen-bond acceptors (Lipinski definition) is 3. The summed E-state index contributed by atoms with van der Waals surface area (Å²) in [5.74, 6) is -0.762. The van der Waals surface area contributed by atoms with Crippen LogP contribution in [0.4, 0.5) is 23.8 Å². The maximum absolute atomic E-state index is 12.3. The number of amides is 3. The van der Waals surface area contributed by atoms with Gasteiger partial charge in [-0.2, -0.15) is 18.3 Å². The fourth-order valence-electron chi connectivity index (χ4n) is 2.00. The largest absolute Gasteiger partial charge is 0.391 e. The summed E-state index contributed by atoms with van der Waals surface area (Å²) in [4.78, 5) is 24.4. The van der Waals surface area contributed by atoms with Gasteiger partial charge in [0.2, 0.25) is 0 Å². The summed E-state index contributed by atoms with van der Waals surface area (Å²) in [6, 6.07) is -1.18. The van der Waals surface area contributed by atoms with Crippen molar-refractivity contribution in [2.45, 2.75) is 38.5 Å². The minimum atomic E-state index is -4.53. The molecule has 110 valence electrons. The zero-order valence-electron chi connectivity index (χ0n) is 10.8. The van der Waals surface area contributed by atoms with Crippen molar-refractivity contribution in [1.82, 2.24) is 15.1 Å². The lowest BCUT2D eigenvalue weighted by Crippen LogP contribution is -2.35. The van der Waals surface area contributed by atoms with Crippen LogP contribution in [0.1, 0.15) is 26.3 Å². The molecule has 20 heavy (non-hydrogen) atoms. The van der Waals surface area contributed by atoms with Crippen LogP contribution in [-0.4, -0.2) is 33.9 Å². The summed E-state index contributed by atoms with van der Waals surface area (Å²) in [6.45, 7) is 3.56. The van der Waals surface area contributed by atoms with Gasteiger partial charge in [-0.3, -0.25) is 4.79 Å². The molecule has 0 unspecified atom stereocenters. The normalized spacial score (nSPS) is 19.9. The van der Waals surface area contributed by atoms with E-state index in [1.54, 1.807) is 13.8 Å². The smallest absolute Gasteiger partial charge is 0.325 e. The van der Waals surface area contributed by atoms with Crippen LogP contribution in [0.5, 0.6) is 0 Å². The third-order valence-electron chi connectivity index (χ3n) is 2.82. The number of anilines is 1. The highest BCUT2D eigenvalue weighted by atomic mass is 19.4. The maximum Gasteiger partial charge on any atom is 0.391 e. The number of nitrogens with zero attached hydrogens (tertiary/aromatic N) is 3. The number of carbonyl (C=O) groups is 2. The summed E-state index contributed by atoms with van der Waals surface area (Å²) in [5, 5.41) is 5.99. The first kappa shape index (κ1) is 14.4. The molecule has 6 nitrogen and oxygen atoms in total. The first-order chi connectivity index (χ1) is 9.20. The predicted molar refractivity (Wildman–Crippen MR) is 63.1 cm³/mol. The SMILES string of the molecule is CC(C)n1nccc1N1C(=O)N[C@H](CC(F)(F)F)C1=O. The van der Waals surface area contributed by atoms with E-state index in [-0.39, 0.29) is 11.9 Å². The molecule has 1 fully saturated rings. The molecule has 1 N–H and O–H groups in total. The standard InChI is InChI=1S/C11H13F3N4O2/c1-6(2)18-8(3-4-15-18)17-9(19)7(16-10(17)20)5-11(12,13)14/h3-4,6-7H,5H2,1-2H3,(H,16,20)/t7-/m1/s1. The fraction of sp³-hybridized carbons (Fsp3) is 0.545. The Labute approximate surface area is 112 Å². The van der Waals surface area contributed by atoms with E-state index in [0.717, 1.165) is 0 Å². The van der Waals surface area contributed by atoms with E-state index in [1.165, 1.54) is 16.9 Å². The molecule has 9 heteroatoms. The van der Waals surface area contributed by atoms with Crippen molar-refractivity contribution in [2.24, 2.45) is 0 Å². The lowest BCUT2D eigenvalue weighted by atomic mass is 10.2. The number of hydrogen-bond donors (Lipinski definition) is 1. The van der Waals surface area contributed by atoms with Gasteiger partial charge in [0.15, 0.2) is 0 Å². The zero-order chi connectivity index (χ0) is 15.1. The van der Waals surface area contributed by atoms with Crippen LogP contribution < -0.4 is 10.2 Å². The summed E-state index contributed by atoms with van der Waals surface area (Å²) in [6.07, 6.45) is -4.53. The van der Waals surface area contributed by atoms with Crippen LogP contribution in [-0.2, 0) is 4.79 Å². The second-order valence-corrected chi connectivity index (χ2v) is 4.72. The first-order valence-corrected chi connectivity index (χ1v) is 5.95. The van der Waals surface area contributed by atoms with Crippen LogP contribution >= 0.6 is 0 Å². The minimum Gasteiger partial charge on any atom is -0.325 e. The number of carbonyl (C=O) groups excluding carboxylic acids is 2. The second-order valence-electron chi connectivity index (χ2n) is 4.72. The average Bonchev–Trinajstić information content (AvgIpc) is 2.83. The second kappa shape index (κ2) is 4.80. The third-order valence-corrected chi connectivity index (χ3v) is 2.82. The molecule has 1 aliphatic heterocycles. The number of imide groups is 1. The van der Waals surface area contributed by atoms with Gasteiger partial charge in [-0.05, 0) is 13.8 Å². The number of halogens is 3. The van der Waals surface area contributed by atoms with Crippen LogP contribution in [0.3, 0.4) is 0 Å². The van der Waals surface area contributed by atoms with Crippen molar-refractivity contribution in [3.05, 3.63) is 12.3 Å². The maximum atomic E-state index is 12.3. The quantitative estimate of drug-likeness (QED) is 0.864. The molecule has 0 aromatic carbocycles. The van der Waals surface area contributed by atoms with Gasteiger partial charge in [-0.15, -0.1) is 0 Å². The first-order valence-electron chi connectivity index (χ1n) is 5.95. The molecule has 1 aliphatic rings. The highest BCUT2D eigenvalue weighted by molar-refractivity contribution is 6.20. The molecule has 0 saturated carbocycles. The molecule has 1 atom stereocenters. The topological polar surface area (TPSA) is 67.2 Å². The summed E-state index contributed by atoms with van der Waals surface area (Å²) < 4.78 is 38.4. The van der Waals surface area contributed by atoms with Crippen LogP contribution in [0.15, 0.2) is 12.3 Å². The number of nitrogens with one attached hydrogen (secondary N) is 1. The average molecular weight is 290 g/mol. The van der Waals surface area contributed by atoms with Crippen molar-refractivity contribution in [3.63, 3.8) is 0 Å². The van der Waals surface area contributed by atoms with E-state index in [4.69, 9.17) is 0 Å². The van der Waals surface area contributed by atoms with Gasteiger partial charge in [-0.1, -0.05) is 0 Å². The van der Waals surface area contributed by atoms with Gasteiger partial charge in [0, 0.05) is 12.1 Å². The van der Waals surface area contributed by atoms with Crippen LogP contribution in [0, 0.1) is 0 Å². The van der Waals surface area contributed by atoms with E-state index in [9.17, 15) is 22.8 Å². The van der Waals surface area contributed by atoms with Gasteiger partial charge < -0.3 is 5.32 Å². The summed E-state index contributed by atoms with van der Waals surface area (Å²) in [5.41, 5.74) is 0. The number of alkyl halides is 3. The van der Waals surface area contributed by atoms with E-state index < -0.39 is 30.6 Å². The minimum absolute atomic E-state index is 0.137. The monoisotopic (exact) mass is 290 g/mol. The molecule has 3 amide bonds. The van der Waals surface area contributed by atoms with E-state index in [0.29, 0.717) is 4.90 Å². The molecule has 0 radical (unpaired) electrons. The van der Waals surface area contributed by atoms with Crippen molar-refractivity contribution in [2.75, 3.05) is 4.90 Å². The van der Waals surface area contributed by atoms with Crippen molar-refractivity contribution in [3.8, 4) is 0 Å². The Kier molecular flexibility index (Phi) is 3.45. The van der Waals surface area contributed by atoms with Gasteiger partial charge in [0.05, 0.1) is 12.6 Å². The lowest BCUT2D eigenvalue weighted by Gasteiger charge is -2.17. The number of urea groups is 1.